The number of hydrogen-bond acceptors (Lipinski definition) is 9. The molecule has 0 radical (unpaired) electrons. The van der Waals surface area contributed by atoms with Crippen LogP contribution in [0.5, 0.6) is 0 Å². The van der Waals surface area contributed by atoms with E-state index < -0.39 is 29.7 Å². The van der Waals surface area contributed by atoms with Gasteiger partial charge >= 0.3 is 11.7 Å². The number of nitrogens with zero attached hydrogens (tertiary/aromatic N) is 1. The van der Waals surface area contributed by atoms with E-state index in [1.165, 1.54) is 17.0 Å². The number of hydrogen-bond donors (Lipinski definition) is 7. The van der Waals surface area contributed by atoms with E-state index >= 15 is 0 Å². The van der Waals surface area contributed by atoms with E-state index in [0.717, 1.165) is 37.9 Å². The molecule has 15 heteroatoms. The molecule has 0 aromatic carbocycles. The molecule has 0 unspecified atom stereocenters. The molecule has 3 fully saturated rings. The van der Waals surface area contributed by atoms with Gasteiger partial charge in [-0.15, -0.1) is 0 Å². The highest BCUT2D eigenvalue weighted by Crippen LogP contribution is 2.33. The third-order valence-corrected chi connectivity index (χ3v) is 9.43. The van der Waals surface area contributed by atoms with Crippen LogP contribution in [0.25, 0.3) is 0 Å². The minimum absolute atomic E-state index is 0.0348. The van der Waals surface area contributed by atoms with Crippen molar-refractivity contribution in [1.29, 1.82) is 0 Å². The minimum Gasteiger partial charge on any atom is -0.394 e. The fourth-order valence-electron chi connectivity index (χ4n) is 5.52. The van der Waals surface area contributed by atoms with Crippen LogP contribution in [0.1, 0.15) is 69.6 Å². The summed E-state index contributed by atoms with van der Waals surface area (Å²) in [5.74, 6) is 0.808. The van der Waals surface area contributed by atoms with Gasteiger partial charge in [0.25, 0.3) is 5.56 Å². The monoisotopic (exact) mass is 622 g/mol. The van der Waals surface area contributed by atoms with Gasteiger partial charge in [0.2, 0.25) is 11.8 Å². The second kappa shape index (κ2) is 16.1. The molecule has 6 atom stereocenters. The van der Waals surface area contributed by atoms with Crippen molar-refractivity contribution in [1.82, 2.24) is 30.8 Å². The van der Waals surface area contributed by atoms with Crippen molar-refractivity contribution >= 4 is 29.6 Å². The highest BCUT2D eigenvalue weighted by atomic mass is 32.2. The Balaban J connectivity index is 1.03. The van der Waals surface area contributed by atoms with Gasteiger partial charge in [-0.2, -0.15) is 11.8 Å². The van der Waals surface area contributed by atoms with Crippen molar-refractivity contribution in [3.05, 3.63) is 44.9 Å². The molecule has 1 aromatic heterocycles. The van der Waals surface area contributed by atoms with E-state index in [9.17, 15) is 34.2 Å². The molecule has 3 aliphatic heterocycles. The summed E-state index contributed by atoms with van der Waals surface area (Å²) in [5.41, 5.74) is -0.950. The normalized spacial score (nSPS) is 26.3. The summed E-state index contributed by atoms with van der Waals surface area (Å²) in [6, 6.07) is 0.340. The molecule has 0 bridgehead atoms. The number of thioether (sulfide) groups is 1. The molecule has 238 valence electrons. The van der Waals surface area contributed by atoms with Crippen molar-refractivity contribution in [2.45, 2.75) is 100.0 Å². The summed E-state index contributed by atoms with van der Waals surface area (Å²) in [7, 11) is 0. The highest BCUT2D eigenvalue weighted by Gasteiger charge is 2.42. The Hall–Kier alpha value is -3.14. The predicted octanol–water partition coefficient (Wildman–Crippen LogP) is -0.248. The number of urea groups is 1. The summed E-state index contributed by atoms with van der Waals surface area (Å²) in [6.07, 6.45) is 7.98. The molecule has 7 N–H and O–H groups in total. The van der Waals surface area contributed by atoms with Crippen LogP contribution in [0.4, 0.5) is 4.79 Å². The van der Waals surface area contributed by atoms with Gasteiger partial charge in [0.15, 0.2) is 0 Å². The van der Waals surface area contributed by atoms with Crippen LogP contribution >= 0.6 is 11.8 Å². The Morgan fingerprint density at radius 2 is 1.88 bits per heavy atom. The lowest BCUT2D eigenvalue weighted by atomic mass is 10.0. The van der Waals surface area contributed by atoms with E-state index in [-0.39, 0.29) is 54.9 Å². The van der Waals surface area contributed by atoms with Crippen molar-refractivity contribution in [3.63, 3.8) is 0 Å². The molecular formula is C28H42N6O8S. The van der Waals surface area contributed by atoms with Crippen molar-refractivity contribution in [2.75, 3.05) is 18.9 Å². The second-order valence-corrected chi connectivity index (χ2v) is 12.4. The first-order valence-electron chi connectivity index (χ1n) is 14.9. The first-order chi connectivity index (χ1) is 20.7. The number of aliphatic hydroxyl groups excluding tert-OH is 2. The number of aliphatic hydroxyl groups is 2. The predicted molar refractivity (Wildman–Crippen MR) is 159 cm³/mol. The molecule has 4 amide bonds. The van der Waals surface area contributed by atoms with E-state index in [2.05, 4.69) is 26.3 Å². The fraction of sp³-hybridized carbons (Fsp3) is 0.679. The van der Waals surface area contributed by atoms with Crippen LogP contribution < -0.4 is 32.5 Å². The third-order valence-electron chi connectivity index (χ3n) is 7.92. The lowest BCUT2D eigenvalue weighted by Crippen LogP contribution is -2.36. The van der Waals surface area contributed by atoms with Crippen LogP contribution in [-0.4, -0.2) is 86.1 Å². The Labute approximate surface area is 253 Å². The molecule has 3 aliphatic rings. The van der Waals surface area contributed by atoms with Crippen molar-refractivity contribution in [2.24, 2.45) is 0 Å². The maximum Gasteiger partial charge on any atom is 0.330 e. The molecule has 14 nitrogen and oxygen atoms in total. The number of amides is 4. The maximum absolute atomic E-state index is 12.2. The molecule has 3 saturated heterocycles. The molecular weight excluding hydrogens is 580 g/mol. The Morgan fingerprint density at radius 3 is 2.67 bits per heavy atom. The first-order valence-corrected chi connectivity index (χ1v) is 16.0. The number of ether oxygens (including phenoxy) is 1. The SMILES string of the molecule is O=C(CCCCCNC(=O)CCCC[C@@H]1SC[C@@H]2NC(=O)N[C@@H]21)NC=CCc1cn([C@H]2C[C@H](O)[C@@H](CO)O2)c(=O)[nH]c1=O. The molecule has 4 heterocycles. The van der Waals surface area contributed by atoms with Gasteiger partial charge in [0.1, 0.15) is 12.3 Å². The standard InChI is InChI=1S/C28H42N6O8S/c35-15-20-19(36)13-24(42-20)34-14-17(26(39)33-28(34)41)7-6-12-30-22(37)9-2-1-5-11-29-23(38)10-4-3-8-21-25-18(16-43-21)31-27(40)32-25/h6,12,14,18-21,24-25,35-36H,1-5,7-11,13,15-16H2,(H,29,38)(H,30,37)(H2,31,32,40)(H,33,39,41)/t18-,19-,20+,21-,24+,25-/m0/s1. The number of allylic oxidation sites excluding steroid dienone is 1. The third kappa shape index (κ3) is 9.42. The van der Waals surface area contributed by atoms with Gasteiger partial charge in [0.05, 0.1) is 24.8 Å². The fourth-order valence-corrected chi connectivity index (χ4v) is 7.07. The zero-order chi connectivity index (χ0) is 30.8. The Bertz CT molecular complexity index is 1270. The van der Waals surface area contributed by atoms with Gasteiger partial charge in [-0.25, -0.2) is 9.59 Å². The highest BCUT2D eigenvalue weighted by molar-refractivity contribution is 8.00. The summed E-state index contributed by atoms with van der Waals surface area (Å²) in [6.45, 7) is 0.189. The van der Waals surface area contributed by atoms with E-state index in [1.807, 2.05) is 11.8 Å². The number of fused-ring (bicyclic) bond motifs is 1. The number of rotatable bonds is 16. The zero-order valence-electron chi connectivity index (χ0n) is 24.1. The number of carbonyl (C=O) groups excluding carboxylic acids is 3. The lowest BCUT2D eigenvalue weighted by Gasteiger charge is -2.16. The number of nitrogens with one attached hydrogen (secondary N) is 5. The van der Waals surface area contributed by atoms with Crippen LogP contribution in [0.3, 0.4) is 0 Å². The number of aromatic amines is 1. The van der Waals surface area contributed by atoms with Crippen LogP contribution in [-0.2, 0) is 20.7 Å². The Kier molecular flexibility index (Phi) is 12.3. The van der Waals surface area contributed by atoms with Gasteiger partial charge in [0, 0.05) is 54.8 Å². The molecule has 0 saturated carbocycles. The molecule has 0 spiro atoms. The topological polar surface area (TPSA) is 204 Å². The lowest BCUT2D eigenvalue weighted by molar-refractivity contribution is -0.121. The van der Waals surface area contributed by atoms with E-state index in [1.54, 1.807) is 6.08 Å². The number of aromatic nitrogens is 2. The van der Waals surface area contributed by atoms with Crippen molar-refractivity contribution in [3.8, 4) is 0 Å². The minimum atomic E-state index is -0.918. The average molecular weight is 623 g/mol. The van der Waals surface area contributed by atoms with Crippen LogP contribution in [0.2, 0.25) is 0 Å². The van der Waals surface area contributed by atoms with Gasteiger partial charge in [-0.1, -0.05) is 18.9 Å². The van der Waals surface area contributed by atoms with Crippen LogP contribution in [0.15, 0.2) is 28.1 Å². The molecule has 0 aliphatic carbocycles. The largest absolute Gasteiger partial charge is 0.394 e. The van der Waals surface area contributed by atoms with Gasteiger partial charge in [-0.05, 0) is 32.1 Å². The van der Waals surface area contributed by atoms with Gasteiger partial charge in [-0.3, -0.25) is 23.9 Å². The maximum atomic E-state index is 12.2. The van der Waals surface area contributed by atoms with Gasteiger partial charge < -0.3 is 36.2 Å². The summed E-state index contributed by atoms with van der Waals surface area (Å²) < 4.78 is 6.68. The first kappa shape index (κ1) is 32.8. The van der Waals surface area contributed by atoms with Crippen molar-refractivity contribution < 1.29 is 29.3 Å². The quantitative estimate of drug-likeness (QED) is 0.0958. The summed E-state index contributed by atoms with van der Waals surface area (Å²) in [5, 5.41) is 31.1. The van der Waals surface area contributed by atoms with E-state index in [0.29, 0.717) is 31.1 Å². The van der Waals surface area contributed by atoms with E-state index in [4.69, 9.17) is 4.74 Å². The smallest absolute Gasteiger partial charge is 0.330 e. The number of unbranched alkanes of at least 4 members (excludes halogenated alkanes) is 3. The van der Waals surface area contributed by atoms with Crippen LogP contribution in [0, 0.1) is 0 Å². The number of H-pyrrole nitrogens is 1. The second-order valence-electron chi connectivity index (χ2n) is 11.1. The summed E-state index contributed by atoms with van der Waals surface area (Å²) in [4.78, 5) is 62.3. The molecule has 4 rings (SSSR count). The average Bonchev–Trinajstić information content (AvgIpc) is 3.65. The molecule has 1 aromatic rings. The molecule has 43 heavy (non-hydrogen) atoms. The summed E-state index contributed by atoms with van der Waals surface area (Å²) >= 11 is 1.88. The zero-order valence-corrected chi connectivity index (χ0v) is 24.9. The number of carbonyl (C=O) groups is 3. The Morgan fingerprint density at radius 1 is 1.09 bits per heavy atom.